The van der Waals surface area contributed by atoms with Crippen LogP contribution < -0.4 is 5.32 Å². The Hall–Kier alpha value is -0.510. The van der Waals surface area contributed by atoms with Gasteiger partial charge in [-0.05, 0) is 42.8 Å². The lowest BCUT2D eigenvalue weighted by molar-refractivity contribution is 0.0123. The van der Waals surface area contributed by atoms with Crippen LogP contribution in [0.2, 0.25) is 0 Å². The van der Waals surface area contributed by atoms with Crippen molar-refractivity contribution in [3.63, 3.8) is 0 Å². The van der Waals surface area contributed by atoms with Crippen molar-refractivity contribution < 1.29 is 5.11 Å². The molecule has 2 N–H and O–H groups in total. The highest BCUT2D eigenvalue weighted by Gasteiger charge is 2.30. The average molecular weight is 237 g/mol. The number of aliphatic hydroxyl groups is 1. The Morgan fingerprint density at radius 3 is 2.69 bits per heavy atom. The van der Waals surface area contributed by atoms with Crippen LogP contribution in [0.5, 0.6) is 0 Å². The van der Waals surface area contributed by atoms with E-state index in [2.05, 4.69) is 36.5 Å². The minimum Gasteiger partial charge on any atom is -0.384 e. The first kappa shape index (κ1) is 12.0. The van der Waals surface area contributed by atoms with E-state index in [4.69, 9.17) is 0 Å². The summed E-state index contributed by atoms with van der Waals surface area (Å²) in [5.74, 6) is 1.09. The number of thioether (sulfide) groups is 1. The number of rotatable bonds is 3. The van der Waals surface area contributed by atoms with E-state index in [1.807, 2.05) is 11.8 Å². The zero-order valence-corrected chi connectivity index (χ0v) is 10.5. The molecule has 1 saturated heterocycles. The Labute approximate surface area is 101 Å². The fraction of sp³-hybridized carbons (Fsp3) is 0.538. The maximum Gasteiger partial charge on any atom is 0.102 e. The van der Waals surface area contributed by atoms with Gasteiger partial charge in [0, 0.05) is 11.4 Å². The van der Waals surface area contributed by atoms with Gasteiger partial charge in [0.15, 0.2) is 0 Å². The summed E-state index contributed by atoms with van der Waals surface area (Å²) in [6.45, 7) is 3.84. The van der Waals surface area contributed by atoms with Crippen LogP contribution in [0.4, 0.5) is 0 Å². The second kappa shape index (κ2) is 5.21. The van der Waals surface area contributed by atoms with Gasteiger partial charge in [-0.15, -0.1) is 11.8 Å². The van der Waals surface area contributed by atoms with Crippen molar-refractivity contribution in [2.45, 2.75) is 30.3 Å². The molecule has 1 fully saturated rings. The summed E-state index contributed by atoms with van der Waals surface area (Å²) < 4.78 is 0. The molecule has 0 aromatic heterocycles. The van der Waals surface area contributed by atoms with Gasteiger partial charge in [-0.25, -0.2) is 0 Å². The molecule has 0 aliphatic carbocycles. The van der Waals surface area contributed by atoms with Gasteiger partial charge in [-0.1, -0.05) is 19.1 Å². The van der Waals surface area contributed by atoms with E-state index in [1.165, 1.54) is 4.90 Å². The molecule has 1 heterocycles. The lowest BCUT2D eigenvalue weighted by Gasteiger charge is -2.33. The van der Waals surface area contributed by atoms with E-state index in [9.17, 15) is 5.11 Å². The number of hydrogen-bond acceptors (Lipinski definition) is 3. The Kier molecular flexibility index (Phi) is 3.90. The lowest BCUT2D eigenvalue weighted by atomic mass is 9.87. The largest absolute Gasteiger partial charge is 0.384 e. The molecule has 1 aliphatic heterocycles. The Balaban J connectivity index is 2.13. The zero-order chi connectivity index (χ0) is 11.4. The topological polar surface area (TPSA) is 32.3 Å². The van der Waals surface area contributed by atoms with E-state index in [-0.39, 0.29) is 0 Å². The average Bonchev–Trinajstić information content (AvgIpc) is 2.31. The van der Waals surface area contributed by atoms with Crippen LogP contribution in [0.3, 0.4) is 0 Å². The number of benzene rings is 1. The van der Waals surface area contributed by atoms with Crippen molar-refractivity contribution >= 4 is 11.8 Å². The molecule has 3 heteroatoms. The molecular formula is C13H19NOS. The summed E-state index contributed by atoms with van der Waals surface area (Å²) in [4.78, 5) is 1.28. The van der Waals surface area contributed by atoms with Crippen molar-refractivity contribution in [2.75, 3.05) is 18.8 Å². The first-order valence-electron chi connectivity index (χ1n) is 5.91. The summed E-state index contributed by atoms with van der Waals surface area (Å²) >= 11 is 1.83. The van der Waals surface area contributed by atoms with Gasteiger partial charge >= 0.3 is 0 Å². The van der Waals surface area contributed by atoms with Crippen LogP contribution in [0.25, 0.3) is 0 Å². The fourth-order valence-corrected chi connectivity index (χ4v) is 2.83. The number of hydrogen-bond donors (Lipinski definition) is 2. The van der Waals surface area contributed by atoms with Gasteiger partial charge in [0.05, 0.1) is 0 Å². The van der Waals surface area contributed by atoms with Gasteiger partial charge in [0.2, 0.25) is 0 Å². The lowest BCUT2D eigenvalue weighted by Crippen LogP contribution is -2.43. The minimum absolute atomic E-state index is 0.659. The fourth-order valence-electron chi connectivity index (χ4n) is 2.16. The molecule has 1 unspecified atom stereocenters. The molecule has 0 bridgehead atoms. The Morgan fingerprint density at radius 1 is 1.38 bits per heavy atom. The molecule has 1 aromatic carbocycles. The maximum atomic E-state index is 10.5. The third kappa shape index (κ3) is 2.59. The zero-order valence-electron chi connectivity index (χ0n) is 9.70. The van der Waals surface area contributed by atoms with Crippen molar-refractivity contribution in [1.29, 1.82) is 0 Å². The molecule has 88 valence electrons. The van der Waals surface area contributed by atoms with Gasteiger partial charge in [-0.3, -0.25) is 0 Å². The quantitative estimate of drug-likeness (QED) is 0.792. The first-order chi connectivity index (χ1) is 7.74. The summed E-state index contributed by atoms with van der Waals surface area (Å²) in [5, 5.41) is 13.8. The molecular weight excluding hydrogens is 218 g/mol. The predicted molar refractivity (Wildman–Crippen MR) is 68.8 cm³/mol. The van der Waals surface area contributed by atoms with Crippen molar-refractivity contribution in [3.8, 4) is 0 Å². The Morgan fingerprint density at radius 2 is 2.12 bits per heavy atom. The normalized spacial score (nSPS) is 25.6. The molecule has 16 heavy (non-hydrogen) atoms. The van der Waals surface area contributed by atoms with E-state index in [0.29, 0.717) is 6.54 Å². The van der Waals surface area contributed by atoms with E-state index < -0.39 is 5.60 Å². The van der Waals surface area contributed by atoms with Crippen molar-refractivity contribution in [1.82, 2.24) is 5.32 Å². The second-order valence-electron chi connectivity index (χ2n) is 4.27. The highest BCUT2D eigenvalue weighted by molar-refractivity contribution is 7.99. The predicted octanol–water partition coefficient (Wildman–Crippen LogP) is 2.37. The molecule has 0 amide bonds. The minimum atomic E-state index is -0.659. The maximum absolute atomic E-state index is 10.5. The van der Waals surface area contributed by atoms with Crippen LogP contribution in [-0.2, 0) is 5.60 Å². The highest BCUT2D eigenvalue weighted by Crippen LogP contribution is 2.29. The molecule has 0 saturated carbocycles. The molecule has 0 spiro atoms. The molecule has 0 radical (unpaired) electrons. The Bertz CT molecular complexity index is 330. The summed E-state index contributed by atoms with van der Waals surface area (Å²) in [6.07, 6.45) is 1.90. The summed E-state index contributed by atoms with van der Waals surface area (Å²) in [7, 11) is 0. The molecule has 2 nitrogen and oxygen atoms in total. The molecule has 1 aromatic rings. The molecule has 1 atom stereocenters. The van der Waals surface area contributed by atoms with Crippen LogP contribution >= 0.6 is 11.8 Å². The van der Waals surface area contributed by atoms with Gasteiger partial charge in [0.1, 0.15) is 5.60 Å². The summed E-state index contributed by atoms with van der Waals surface area (Å²) in [6, 6.07) is 8.34. The van der Waals surface area contributed by atoms with Gasteiger partial charge < -0.3 is 10.4 Å². The smallest absolute Gasteiger partial charge is 0.102 e. The van der Waals surface area contributed by atoms with Crippen molar-refractivity contribution in [2.24, 2.45) is 0 Å². The third-order valence-electron chi connectivity index (χ3n) is 3.06. The monoisotopic (exact) mass is 237 g/mol. The van der Waals surface area contributed by atoms with Crippen molar-refractivity contribution in [3.05, 3.63) is 29.8 Å². The number of piperidine rings is 1. The first-order valence-corrected chi connectivity index (χ1v) is 6.89. The SMILES string of the molecule is CCSc1ccc(C2(O)CCCNC2)cc1. The van der Waals surface area contributed by atoms with Crippen LogP contribution in [-0.4, -0.2) is 23.9 Å². The van der Waals surface area contributed by atoms with E-state index in [1.54, 1.807) is 0 Å². The van der Waals surface area contributed by atoms with E-state index in [0.717, 1.165) is 30.7 Å². The van der Waals surface area contributed by atoms with E-state index >= 15 is 0 Å². The molecule has 2 rings (SSSR count). The molecule has 1 aliphatic rings. The third-order valence-corrected chi connectivity index (χ3v) is 3.96. The second-order valence-corrected chi connectivity index (χ2v) is 5.61. The standard InChI is InChI=1S/C13H19NOS/c1-2-16-12-6-4-11(5-7-12)13(15)8-3-9-14-10-13/h4-7,14-15H,2-3,8-10H2,1H3. The number of β-amino-alcohol motifs (C(OH)–C–C–N with tert-alkyl or cyclic N) is 1. The van der Waals surface area contributed by atoms with Crippen LogP contribution in [0.15, 0.2) is 29.2 Å². The summed E-state index contributed by atoms with van der Waals surface area (Å²) in [5.41, 5.74) is 0.383. The van der Waals surface area contributed by atoms with Crippen LogP contribution in [0, 0.1) is 0 Å². The number of nitrogens with one attached hydrogen (secondary N) is 1. The van der Waals surface area contributed by atoms with Gasteiger partial charge in [-0.2, -0.15) is 0 Å². The van der Waals surface area contributed by atoms with Gasteiger partial charge in [0.25, 0.3) is 0 Å². The van der Waals surface area contributed by atoms with Crippen LogP contribution in [0.1, 0.15) is 25.3 Å². The highest BCUT2D eigenvalue weighted by atomic mass is 32.2.